The maximum Gasteiger partial charge on any atom is 0.309 e. The van der Waals surface area contributed by atoms with Crippen molar-refractivity contribution in [1.29, 1.82) is 5.26 Å². The largest absolute Gasteiger partial charge is 0.455 e. The minimum Gasteiger partial charge on any atom is -0.455 e. The van der Waals surface area contributed by atoms with Crippen LogP contribution < -0.4 is 10.6 Å². The number of quaternary nitrogens is 1. The first-order valence-electron chi connectivity index (χ1n) is 10.0. The Hall–Kier alpha value is -1.91. The number of nitriles is 1. The van der Waals surface area contributed by atoms with Crippen molar-refractivity contribution in [3.05, 3.63) is 16.0 Å². The van der Waals surface area contributed by atoms with Crippen LogP contribution >= 0.6 is 11.3 Å². The molecule has 1 aromatic heterocycles. The third-order valence-corrected chi connectivity index (χ3v) is 7.11. The first-order valence-corrected chi connectivity index (χ1v) is 10.8. The Kier molecular flexibility index (Phi) is 5.83. The minimum atomic E-state index is -0.389. The van der Waals surface area contributed by atoms with E-state index >= 15 is 0 Å². The predicted octanol–water partition coefficient (Wildman–Crippen LogP) is 2.81. The van der Waals surface area contributed by atoms with Gasteiger partial charge in [0.15, 0.2) is 6.61 Å². The molecule has 1 saturated carbocycles. The molecule has 1 amide bonds. The summed E-state index contributed by atoms with van der Waals surface area (Å²) in [5, 5.41) is 15.4. The van der Waals surface area contributed by atoms with Crippen LogP contribution in [0.15, 0.2) is 0 Å². The highest BCUT2D eigenvalue weighted by Crippen LogP contribution is 2.41. The molecule has 3 rings (SSSR count). The van der Waals surface area contributed by atoms with E-state index in [0.717, 1.165) is 49.0 Å². The number of nitrogens with zero attached hydrogens (tertiary/aromatic N) is 1. The number of hydrogen-bond donors (Lipinski definition) is 2. The van der Waals surface area contributed by atoms with Crippen LogP contribution in [0, 0.1) is 17.2 Å². The standard InChI is InChI=1S/C21H29N3O3S/c1-20(2)10-14-15(11-22)18(28-17(14)21(3,4)24-20)23-16(25)12-27-19(26)13-8-6-5-7-9-13/h13,24H,5-10,12H2,1-4H3,(H,23,25)/p+1. The van der Waals surface area contributed by atoms with Crippen LogP contribution in [0.3, 0.4) is 0 Å². The number of thiophene rings is 1. The van der Waals surface area contributed by atoms with E-state index in [-0.39, 0.29) is 35.5 Å². The number of rotatable bonds is 4. The zero-order chi connectivity index (χ0) is 20.5. The van der Waals surface area contributed by atoms with Gasteiger partial charge in [-0.3, -0.25) is 9.59 Å². The van der Waals surface area contributed by atoms with E-state index in [1.807, 2.05) is 0 Å². The van der Waals surface area contributed by atoms with E-state index in [1.54, 1.807) is 0 Å². The van der Waals surface area contributed by atoms with Crippen LogP contribution in [-0.4, -0.2) is 24.0 Å². The minimum absolute atomic E-state index is 0.0139. The molecule has 0 bridgehead atoms. The van der Waals surface area contributed by atoms with Gasteiger partial charge in [-0.1, -0.05) is 19.3 Å². The van der Waals surface area contributed by atoms with Crippen LogP contribution in [0.1, 0.15) is 75.8 Å². The second-order valence-electron chi connectivity index (χ2n) is 9.25. The summed E-state index contributed by atoms with van der Waals surface area (Å²) < 4.78 is 5.23. The van der Waals surface area contributed by atoms with Crippen LogP contribution in [-0.2, 0) is 26.3 Å². The summed E-state index contributed by atoms with van der Waals surface area (Å²) in [6.07, 6.45) is 5.71. The number of nitrogens with two attached hydrogens (primary N) is 1. The Morgan fingerprint density at radius 2 is 1.93 bits per heavy atom. The lowest BCUT2D eigenvalue weighted by Gasteiger charge is -2.38. The van der Waals surface area contributed by atoms with Gasteiger partial charge in [0.1, 0.15) is 16.6 Å². The highest BCUT2D eigenvalue weighted by molar-refractivity contribution is 7.16. The summed E-state index contributed by atoms with van der Waals surface area (Å²) >= 11 is 1.46. The van der Waals surface area contributed by atoms with Crippen molar-refractivity contribution in [2.45, 2.75) is 77.3 Å². The fourth-order valence-corrected chi connectivity index (χ4v) is 5.92. The molecular weight excluding hydrogens is 374 g/mol. The predicted molar refractivity (Wildman–Crippen MR) is 108 cm³/mol. The summed E-state index contributed by atoms with van der Waals surface area (Å²) in [6.45, 7) is 8.31. The second kappa shape index (κ2) is 7.84. The third kappa shape index (κ3) is 4.39. The number of nitrogens with one attached hydrogen (secondary N) is 1. The molecule has 152 valence electrons. The maximum absolute atomic E-state index is 12.4. The smallest absolute Gasteiger partial charge is 0.309 e. The highest BCUT2D eigenvalue weighted by Gasteiger charge is 2.44. The lowest BCUT2D eigenvalue weighted by atomic mass is 9.81. The number of carbonyl (C=O) groups is 2. The van der Waals surface area contributed by atoms with Crippen molar-refractivity contribution >= 4 is 28.2 Å². The van der Waals surface area contributed by atoms with Gasteiger partial charge in [0.05, 0.1) is 21.9 Å². The number of anilines is 1. The highest BCUT2D eigenvalue weighted by atomic mass is 32.1. The lowest BCUT2D eigenvalue weighted by Crippen LogP contribution is -3.03. The molecule has 0 radical (unpaired) electrons. The van der Waals surface area contributed by atoms with Gasteiger partial charge >= 0.3 is 5.97 Å². The van der Waals surface area contributed by atoms with Crippen LogP contribution in [0.4, 0.5) is 5.00 Å². The molecule has 28 heavy (non-hydrogen) atoms. The van der Waals surface area contributed by atoms with Gasteiger partial charge in [0.25, 0.3) is 5.91 Å². The Morgan fingerprint density at radius 3 is 2.57 bits per heavy atom. The van der Waals surface area contributed by atoms with Crippen molar-refractivity contribution in [3.8, 4) is 6.07 Å². The molecule has 7 heteroatoms. The first-order chi connectivity index (χ1) is 13.1. The number of amides is 1. The summed E-state index contributed by atoms with van der Waals surface area (Å²) in [7, 11) is 0. The van der Waals surface area contributed by atoms with Crippen molar-refractivity contribution in [2.75, 3.05) is 11.9 Å². The van der Waals surface area contributed by atoms with Gasteiger partial charge in [-0.2, -0.15) is 5.26 Å². The SMILES string of the molecule is CC1(C)Cc2c(sc(NC(=O)COC(=O)C3CCCCC3)c2C#N)C(C)(C)[NH2+]1. The Balaban J connectivity index is 1.69. The van der Waals surface area contributed by atoms with E-state index in [9.17, 15) is 14.9 Å². The monoisotopic (exact) mass is 404 g/mol. The van der Waals surface area contributed by atoms with Crippen molar-refractivity contribution in [3.63, 3.8) is 0 Å². The van der Waals surface area contributed by atoms with Gasteiger partial charge in [0, 0.05) is 6.42 Å². The number of esters is 1. The quantitative estimate of drug-likeness (QED) is 0.754. The molecule has 1 aromatic rings. The zero-order valence-electron chi connectivity index (χ0n) is 17.2. The average molecular weight is 405 g/mol. The van der Waals surface area contributed by atoms with E-state index in [2.05, 4.69) is 44.4 Å². The number of ether oxygens (including phenoxy) is 1. The zero-order valence-corrected chi connectivity index (χ0v) is 18.0. The molecule has 1 aliphatic carbocycles. The summed E-state index contributed by atoms with van der Waals surface area (Å²) in [6, 6.07) is 2.28. The van der Waals surface area contributed by atoms with E-state index in [0.29, 0.717) is 10.6 Å². The maximum atomic E-state index is 12.4. The van der Waals surface area contributed by atoms with Gasteiger partial charge in [-0.15, -0.1) is 11.3 Å². The number of carbonyl (C=O) groups excluding carboxylic acids is 2. The third-order valence-electron chi connectivity index (χ3n) is 5.63. The van der Waals surface area contributed by atoms with E-state index in [1.165, 1.54) is 11.3 Å². The Bertz CT molecular complexity index is 814. The molecule has 2 aliphatic rings. The average Bonchev–Trinajstić information content (AvgIpc) is 2.96. The molecule has 0 aromatic carbocycles. The summed E-state index contributed by atoms with van der Waals surface area (Å²) in [4.78, 5) is 25.6. The molecule has 2 heterocycles. The molecular formula is C21H30N3O3S+. The van der Waals surface area contributed by atoms with E-state index in [4.69, 9.17) is 4.74 Å². The summed E-state index contributed by atoms with van der Waals surface area (Å²) in [5.74, 6) is -0.748. The lowest BCUT2D eigenvalue weighted by molar-refractivity contribution is -0.789. The van der Waals surface area contributed by atoms with Gasteiger partial charge in [-0.25, -0.2) is 0 Å². The topological polar surface area (TPSA) is 95.8 Å². The molecule has 0 spiro atoms. The van der Waals surface area contributed by atoms with E-state index < -0.39 is 0 Å². The fourth-order valence-electron chi connectivity index (χ4n) is 4.67. The first kappa shape index (κ1) is 20.8. The molecule has 0 saturated heterocycles. The Labute approximate surface area is 170 Å². The number of fused-ring (bicyclic) bond motifs is 1. The van der Waals surface area contributed by atoms with Gasteiger partial charge in [-0.05, 0) is 46.1 Å². The summed E-state index contributed by atoms with van der Waals surface area (Å²) in [5.41, 5.74) is 1.39. The van der Waals surface area contributed by atoms with Gasteiger partial charge < -0.3 is 15.4 Å². The van der Waals surface area contributed by atoms with Crippen molar-refractivity contribution in [1.82, 2.24) is 0 Å². The molecule has 1 fully saturated rings. The van der Waals surface area contributed by atoms with Gasteiger partial charge in [0.2, 0.25) is 0 Å². The number of hydrogen-bond acceptors (Lipinski definition) is 5. The van der Waals surface area contributed by atoms with Crippen molar-refractivity contribution < 1.29 is 19.6 Å². The Morgan fingerprint density at radius 1 is 1.25 bits per heavy atom. The molecule has 3 N–H and O–H groups in total. The molecule has 6 nitrogen and oxygen atoms in total. The second-order valence-corrected chi connectivity index (χ2v) is 10.3. The van der Waals surface area contributed by atoms with Crippen LogP contribution in [0.5, 0.6) is 0 Å². The molecule has 1 aliphatic heterocycles. The normalized spacial score (nSPS) is 20.7. The molecule has 0 atom stereocenters. The molecule has 0 unspecified atom stereocenters. The van der Waals surface area contributed by atoms with Crippen LogP contribution in [0.2, 0.25) is 0 Å². The fraction of sp³-hybridized carbons (Fsp3) is 0.667. The van der Waals surface area contributed by atoms with Crippen molar-refractivity contribution in [2.24, 2.45) is 5.92 Å². The van der Waals surface area contributed by atoms with Crippen LogP contribution in [0.25, 0.3) is 0 Å².